The summed E-state index contributed by atoms with van der Waals surface area (Å²) in [4.78, 5) is 10.2. The summed E-state index contributed by atoms with van der Waals surface area (Å²) in [6.45, 7) is 4.13. The van der Waals surface area contributed by atoms with Crippen molar-refractivity contribution in [1.82, 2.24) is 14.4 Å². The van der Waals surface area contributed by atoms with Crippen molar-refractivity contribution in [3.05, 3.63) is 40.5 Å². The molecule has 4 heteroatoms. The summed E-state index contributed by atoms with van der Waals surface area (Å²) in [6.07, 6.45) is 3.91. The third-order valence-electron chi connectivity index (χ3n) is 2.56. The summed E-state index contributed by atoms with van der Waals surface area (Å²) in [5, 5.41) is 1.10. The van der Waals surface area contributed by atoms with Gasteiger partial charge in [-0.25, -0.2) is 9.97 Å². The summed E-state index contributed by atoms with van der Waals surface area (Å²) in [5.74, 6) is 0. The van der Waals surface area contributed by atoms with E-state index in [-0.39, 0.29) is 0 Å². The van der Waals surface area contributed by atoms with Crippen molar-refractivity contribution in [2.45, 2.75) is 13.8 Å². The van der Waals surface area contributed by atoms with Gasteiger partial charge in [-0.05, 0) is 26.0 Å². The molecule has 80 valence electrons. The highest BCUT2D eigenvalue weighted by Crippen LogP contribution is 2.27. The van der Waals surface area contributed by atoms with Crippen molar-refractivity contribution in [3.63, 3.8) is 0 Å². The van der Waals surface area contributed by atoms with Crippen LogP contribution in [0, 0.1) is 13.8 Å². The molecule has 0 aliphatic rings. The predicted octanol–water partition coefficient (Wildman–Crippen LogP) is 3.07. The Morgan fingerprint density at radius 3 is 2.88 bits per heavy atom. The van der Waals surface area contributed by atoms with E-state index < -0.39 is 0 Å². The lowest BCUT2D eigenvalue weighted by molar-refractivity contribution is 1.16. The molecular weight excluding hydrogens is 218 g/mol. The van der Waals surface area contributed by atoms with Gasteiger partial charge in [0.25, 0.3) is 0 Å². The molecule has 3 aromatic heterocycles. The topological polar surface area (TPSA) is 30.2 Å². The maximum atomic E-state index is 4.56. The predicted molar refractivity (Wildman–Crippen MR) is 65.8 cm³/mol. The number of pyridine rings is 1. The van der Waals surface area contributed by atoms with E-state index in [1.807, 2.05) is 37.5 Å². The van der Waals surface area contributed by atoms with Gasteiger partial charge >= 0.3 is 0 Å². The lowest BCUT2D eigenvalue weighted by Gasteiger charge is -1.98. The van der Waals surface area contributed by atoms with Crippen molar-refractivity contribution in [2.75, 3.05) is 0 Å². The number of thiazole rings is 1. The molecule has 3 aromatic rings. The van der Waals surface area contributed by atoms with Crippen LogP contribution in [0.3, 0.4) is 0 Å². The fourth-order valence-electron chi connectivity index (χ4n) is 1.87. The molecule has 0 radical (unpaired) electrons. The molecule has 0 unspecified atom stereocenters. The Balaban J connectivity index is 2.30. The van der Waals surface area contributed by atoms with Crippen LogP contribution in [0.2, 0.25) is 0 Å². The average molecular weight is 229 g/mol. The summed E-state index contributed by atoms with van der Waals surface area (Å²) in [5.41, 5.74) is 3.07. The zero-order valence-corrected chi connectivity index (χ0v) is 9.95. The van der Waals surface area contributed by atoms with Crippen molar-refractivity contribution < 1.29 is 0 Å². The van der Waals surface area contributed by atoms with Crippen molar-refractivity contribution in [1.29, 1.82) is 0 Å². The lowest BCUT2D eigenvalue weighted by Crippen LogP contribution is -1.88. The maximum Gasteiger partial charge on any atom is 0.137 e. The molecule has 0 aliphatic carbocycles. The zero-order valence-electron chi connectivity index (χ0n) is 9.14. The van der Waals surface area contributed by atoms with Crippen LogP contribution in [-0.4, -0.2) is 14.4 Å². The van der Waals surface area contributed by atoms with Crippen LogP contribution in [-0.2, 0) is 0 Å². The number of hydrogen-bond acceptors (Lipinski definition) is 3. The van der Waals surface area contributed by atoms with E-state index in [9.17, 15) is 0 Å². The molecule has 0 bridgehead atoms. The van der Waals surface area contributed by atoms with E-state index in [2.05, 4.69) is 21.3 Å². The number of hydrogen-bond donors (Lipinski definition) is 0. The van der Waals surface area contributed by atoms with Crippen molar-refractivity contribution in [3.8, 4) is 11.4 Å². The van der Waals surface area contributed by atoms with E-state index in [0.717, 1.165) is 22.0 Å². The standard InChI is InChI=1S/C12H11N3S/c1-8-12(14-9(2)16-8)10-7-13-11-5-3-4-6-15(10)11/h3-7H,1-2H3. The first kappa shape index (κ1) is 9.54. The normalized spacial score (nSPS) is 11.1. The fourth-order valence-corrected chi connectivity index (χ4v) is 2.70. The molecule has 3 rings (SSSR count). The third kappa shape index (κ3) is 1.34. The van der Waals surface area contributed by atoms with Gasteiger partial charge in [0.15, 0.2) is 0 Å². The van der Waals surface area contributed by atoms with Crippen molar-refractivity contribution in [2.24, 2.45) is 0 Å². The van der Waals surface area contributed by atoms with Gasteiger partial charge < -0.3 is 0 Å². The Morgan fingerprint density at radius 1 is 1.25 bits per heavy atom. The molecule has 0 atom stereocenters. The molecule has 3 nitrogen and oxygen atoms in total. The first-order valence-electron chi connectivity index (χ1n) is 5.12. The van der Waals surface area contributed by atoms with Gasteiger partial charge in [-0.2, -0.15) is 0 Å². The molecule has 0 saturated heterocycles. The Labute approximate surface area is 97.4 Å². The second-order valence-electron chi connectivity index (χ2n) is 3.71. The molecule has 0 fully saturated rings. The average Bonchev–Trinajstić information content (AvgIpc) is 2.81. The molecule has 0 spiro atoms. The number of nitrogens with zero attached hydrogens (tertiary/aromatic N) is 3. The Kier molecular flexibility index (Phi) is 2.04. The molecule has 3 heterocycles. The second kappa shape index (κ2) is 3.42. The molecule has 0 saturated carbocycles. The Hall–Kier alpha value is -1.68. The number of aromatic nitrogens is 3. The van der Waals surface area contributed by atoms with Crippen molar-refractivity contribution >= 4 is 17.0 Å². The minimum atomic E-state index is 0.961. The van der Waals surface area contributed by atoms with Crippen LogP contribution in [0.4, 0.5) is 0 Å². The number of rotatable bonds is 1. The Bertz CT molecular complexity index is 651. The molecule has 0 N–H and O–H groups in total. The first-order valence-corrected chi connectivity index (χ1v) is 5.94. The number of fused-ring (bicyclic) bond motifs is 1. The summed E-state index contributed by atoms with van der Waals surface area (Å²) in [6, 6.07) is 6.00. The van der Waals surface area contributed by atoms with Crippen LogP contribution < -0.4 is 0 Å². The quantitative estimate of drug-likeness (QED) is 0.642. The highest BCUT2D eigenvalue weighted by atomic mass is 32.1. The van der Waals surface area contributed by atoms with Crippen LogP contribution >= 0.6 is 11.3 Å². The number of aryl methyl sites for hydroxylation is 2. The van der Waals surface area contributed by atoms with Crippen LogP contribution in [0.1, 0.15) is 9.88 Å². The van der Waals surface area contributed by atoms with Crippen LogP contribution in [0.5, 0.6) is 0 Å². The monoisotopic (exact) mass is 229 g/mol. The fraction of sp³-hybridized carbons (Fsp3) is 0.167. The highest BCUT2D eigenvalue weighted by molar-refractivity contribution is 7.11. The molecular formula is C12H11N3S. The van der Waals surface area contributed by atoms with E-state index in [1.165, 1.54) is 4.88 Å². The minimum absolute atomic E-state index is 0.961. The summed E-state index contributed by atoms with van der Waals surface area (Å²) >= 11 is 1.72. The SMILES string of the molecule is Cc1nc(-c2cnc3ccccn23)c(C)s1. The van der Waals surface area contributed by atoms with Gasteiger partial charge in [0.05, 0.1) is 16.9 Å². The third-order valence-corrected chi connectivity index (χ3v) is 3.45. The molecule has 16 heavy (non-hydrogen) atoms. The van der Waals surface area contributed by atoms with Gasteiger partial charge in [0, 0.05) is 11.1 Å². The van der Waals surface area contributed by atoms with Gasteiger partial charge in [-0.3, -0.25) is 4.40 Å². The molecule has 0 aliphatic heterocycles. The summed E-state index contributed by atoms with van der Waals surface area (Å²) < 4.78 is 2.07. The van der Waals surface area contributed by atoms with E-state index in [4.69, 9.17) is 0 Å². The van der Waals surface area contributed by atoms with Gasteiger partial charge in [0.2, 0.25) is 0 Å². The Morgan fingerprint density at radius 2 is 2.12 bits per heavy atom. The highest BCUT2D eigenvalue weighted by Gasteiger charge is 2.11. The largest absolute Gasteiger partial charge is 0.298 e. The minimum Gasteiger partial charge on any atom is -0.298 e. The zero-order chi connectivity index (χ0) is 11.1. The van der Waals surface area contributed by atoms with Crippen LogP contribution in [0.25, 0.3) is 17.0 Å². The molecule has 0 aromatic carbocycles. The molecule has 0 amide bonds. The van der Waals surface area contributed by atoms with Crippen LogP contribution in [0.15, 0.2) is 30.6 Å². The number of imidazole rings is 1. The van der Waals surface area contributed by atoms with Gasteiger partial charge in [0.1, 0.15) is 11.3 Å². The van der Waals surface area contributed by atoms with Gasteiger partial charge in [-0.15, -0.1) is 11.3 Å². The smallest absolute Gasteiger partial charge is 0.137 e. The van der Waals surface area contributed by atoms with Gasteiger partial charge in [-0.1, -0.05) is 6.07 Å². The van der Waals surface area contributed by atoms with E-state index in [1.54, 1.807) is 11.3 Å². The lowest BCUT2D eigenvalue weighted by atomic mass is 10.3. The second-order valence-corrected chi connectivity index (χ2v) is 5.12. The maximum absolute atomic E-state index is 4.56. The summed E-state index contributed by atoms with van der Waals surface area (Å²) in [7, 11) is 0. The van der Waals surface area contributed by atoms with E-state index in [0.29, 0.717) is 0 Å². The first-order chi connectivity index (χ1) is 7.75. The van der Waals surface area contributed by atoms with E-state index >= 15 is 0 Å².